The van der Waals surface area contributed by atoms with Gasteiger partial charge in [-0.05, 0) is 12.8 Å². The van der Waals surface area contributed by atoms with Crippen molar-refractivity contribution in [2.75, 3.05) is 40.9 Å². The van der Waals surface area contributed by atoms with Crippen molar-refractivity contribution in [3.05, 3.63) is 12.2 Å². The number of nitrogens with zero attached hydrogens (tertiary/aromatic N) is 1. The van der Waals surface area contributed by atoms with Crippen molar-refractivity contribution in [2.45, 2.75) is 96.1 Å². The highest BCUT2D eigenvalue weighted by Gasteiger charge is 2.25. The van der Waals surface area contributed by atoms with E-state index in [1.165, 1.54) is 64.2 Å². The fourth-order valence-electron chi connectivity index (χ4n) is 3.05. The number of nitrogens with two attached hydrogens (primary N) is 1. The average Bonchev–Trinajstić information content (AvgIpc) is 2.68. The lowest BCUT2D eigenvalue weighted by Crippen LogP contribution is -3.00. The summed E-state index contributed by atoms with van der Waals surface area (Å²) in [7, 11) is 1.72. The Balaban J connectivity index is 0. The number of aliphatic hydroxyl groups is 1. The van der Waals surface area contributed by atoms with Crippen LogP contribution in [0.15, 0.2) is 12.2 Å². The fraction of sp³-hybridized carbons (Fsp3) is 0.913. The first-order chi connectivity index (χ1) is 14.6. The highest BCUT2D eigenvalue weighted by atomic mass is 35.5. The molecule has 1 unspecified atom stereocenters. The molecular weight excluding hydrogens is 451 g/mol. The van der Waals surface area contributed by atoms with Crippen molar-refractivity contribution >= 4 is 7.82 Å². The van der Waals surface area contributed by atoms with E-state index in [1.807, 2.05) is 27.2 Å². The van der Waals surface area contributed by atoms with Crippen LogP contribution in [0, 0.1) is 0 Å². The van der Waals surface area contributed by atoms with Crippen LogP contribution in [-0.2, 0) is 13.6 Å². The van der Waals surface area contributed by atoms with Crippen LogP contribution in [0.5, 0.6) is 0 Å². The summed E-state index contributed by atoms with van der Waals surface area (Å²) < 4.78 is 22.3. The topological polar surface area (TPSA) is 102 Å². The monoisotopic (exact) mass is 500 g/mol. The Morgan fingerprint density at radius 1 is 0.938 bits per heavy atom. The predicted octanol–water partition coefficient (Wildman–Crippen LogP) is 1.78. The van der Waals surface area contributed by atoms with Gasteiger partial charge in [0.25, 0.3) is 0 Å². The number of unbranched alkanes of at least 4 members (excludes halogenated alkanes) is 11. The number of allylic oxidation sites excluding steroid dienone is 1. The third kappa shape index (κ3) is 23.2. The third-order valence-electron chi connectivity index (χ3n) is 5.19. The molecule has 0 aromatic heterocycles. The first kappa shape index (κ1) is 34.2. The van der Waals surface area contributed by atoms with E-state index in [9.17, 15) is 14.6 Å². The molecule has 0 radical (unpaired) electrons. The Kier molecular flexibility index (Phi) is 21.8. The van der Waals surface area contributed by atoms with Gasteiger partial charge >= 0.3 is 7.82 Å². The molecule has 0 spiro atoms. The van der Waals surface area contributed by atoms with E-state index in [0.29, 0.717) is 11.0 Å². The second-order valence-corrected chi connectivity index (χ2v) is 11.0. The van der Waals surface area contributed by atoms with Crippen molar-refractivity contribution in [3.8, 4) is 0 Å². The number of hydrogen-bond donors (Lipinski definition) is 3. The molecule has 4 N–H and O–H groups in total. The third-order valence-corrected chi connectivity index (χ3v) is 6.18. The lowest BCUT2D eigenvalue weighted by Gasteiger charge is -2.24. The number of quaternary nitrogens is 1. The van der Waals surface area contributed by atoms with E-state index in [2.05, 4.69) is 6.92 Å². The van der Waals surface area contributed by atoms with Crippen LogP contribution in [-0.4, -0.2) is 67.5 Å². The number of phosphoric ester groups is 1. The molecule has 0 bridgehead atoms. The summed E-state index contributed by atoms with van der Waals surface area (Å²) in [6.07, 6.45) is 17.9. The number of rotatable bonds is 21. The molecule has 0 amide bonds. The SMILES string of the molecule is CCCCCCCCCCCCCC=C[C@H](O)[C@H](N)COP(=O)(O)OCC[N+](C)(C)C.[Cl-]. The van der Waals surface area contributed by atoms with Gasteiger partial charge in [0.2, 0.25) is 0 Å². The minimum Gasteiger partial charge on any atom is -1.00 e. The molecule has 0 aliphatic rings. The zero-order valence-corrected chi connectivity index (χ0v) is 22.5. The molecule has 9 heteroatoms. The van der Waals surface area contributed by atoms with Crippen LogP contribution in [0.1, 0.15) is 84.0 Å². The molecule has 0 aromatic rings. The molecule has 0 heterocycles. The zero-order valence-electron chi connectivity index (χ0n) is 20.9. The predicted molar refractivity (Wildman–Crippen MR) is 129 cm³/mol. The summed E-state index contributed by atoms with van der Waals surface area (Å²) in [4.78, 5) is 9.69. The first-order valence-electron chi connectivity index (χ1n) is 12.1. The van der Waals surface area contributed by atoms with Gasteiger partial charge in [-0.15, -0.1) is 0 Å². The summed E-state index contributed by atoms with van der Waals surface area (Å²) in [5.74, 6) is 0. The van der Waals surface area contributed by atoms with E-state index in [0.717, 1.165) is 12.8 Å². The average molecular weight is 501 g/mol. The molecule has 0 saturated carbocycles. The summed E-state index contributed by atoms with van der Waals surface area (Å²) in [6, 6.07) is -0.781. The summed E-state index contributed by atoms with van der Waals surface area (Å²) in [6.45, 7) is 2.68. The molecule has 3 atom stereocenters. The van der Waals surface area contributed by atoms with E-state index in [4.69, 9.17) is 14.8 Å². The number of aliphatic hydroxyl groups excluding tert-OH is 1. The van der Waals surface area contributed by atoms with Crippen LogP contribution >= 0.6 is 7.82 Å². The van der Waals surface area contributed by atoms with Crippen LogP contribution in [0.25, 0.3) is 0 Å². The molecule has 0 fully saturated rings. The maximum atomic E-state index is 11.9. The Morgan fingerprint density at radius 2 is 1.44 bits per heavy atom. The summed E-state index contributed by atoms with van der Waals surface area (Å²) in [5.41, 5.74) is 5.85. The largest absolute Gasteiger partial charge is 1.00 e. The van der Waals surface area contributed by atoms with E-state index >= 15 is 0 Å². The van der Waals surface area contributed by atoms with E-state index in [-0.39, 0.29) is 25.6 Å². The number of halogens is 1. The smallest absolute Gasteiger partial charge is 0.472 e. The van der Waals surface area contributed by atoms with E-state index in [1.54, 1.807) is 6.08 Å². The number of likely N-dealkylation sites (N-methyl/N-ethyl adjacent to an activating group) is 1. The first-order valence-corrected chi connectivity index (χ1v) is 13.6. The quantitative estimate of drug-likeness (QED) is 0.0960. The maximum absolute atomic E-state index is 11.9. The van der Waals surface area contributed by atoms with Crippen LogP contribution in [0.2, 0.25) is 0 Å². The zero-order chi connectivity index (χ0) is 23.6. The van der Waals surface area contributed by atoms with E-state index < -0.39 is 20.0 Å². The van der Waals surface area contributed by atoms with Crippen molar-refractivity contribution < 1.29 is 40.5 Å². The highest BCUT2D eigenvalue weighted by molar-refractivity contribution is 7.47. The molecule has 7 nitrogen and oxygen atoms in total. The summed E-state index contributed by atoms with van der Waals surface area (Å²) >= 11 is 0. The fourth-order valence-corrected chi connectivity index (χ4v) is 3.80. The second-order valence-electron chi connectivity index (χ2n) is 9.52. The lowest BCUT2D eigenvalue weighted by atomic mass is 10.0. The van der Waals surface area contributed by atoms with Gasteiger partial charge in [0.15, 0.2) is 0 Å². The maximum Gasteiger partial charge on any atom is 0.472 e. The van der Waals surface area contributed by atoms with Gasteiger partial charge in [-0.25, -0.2) is 4.57 Å². The molecule has 0 aromatic carbocycles. The van der Waals surface area contributed by atoms with Crippen LogP contribution < -0.4 is 18.1 Å². The Bertz CT molecular complexity index is 503. The van der Waals surface area contributed by atoms with Crippen LogP contribution in [0.4, 0.5) is 0 Å². The molecule has 0 rings (SSSR count). The van der Waals surface area contributed by atoms with Gasteiger partial charge in [-0.2, -0.15) is 0 Å². The number of phosphoric acid groups is 1. The van der Waals surface area contributed by atoms with Gasteiger partial charge in [0.1, 0.15) is 13.2 Å². The molecule has 32 heavy (non-hydrogen) atoms. The van der Waals surface area contributed by atoms with Crippen molar-refractivity contribution in [3.63, 3.8) is 0 Å². The van der Waals surface area contributed by atoms with Gasteiger partial charge in [-0.3, -0.25) is 9.05 Å². The number of hydrogen-bond acceptors (Lipinski definition) is 5. The normalized spacial score (nSPS) is 16.0. The second kappa shape index (κ2) is 20.4. The highest BCUT2D eigenvalue weighted by Crippen LogP contribution is 2.43. The molecule has 0 aliphatic carbocycles. The standard InChI is InChI=1S/C23H49N2O5P.ClH/c1-5-6-7-8-9-10-11-12-13-14-15-16-17-18-23(26)22(24)21-30-31(27,28)29-20-19-25(2,3)4;/h17-18,22-23,26H,5-16,19-21,24H2,1-4H3;1H/t22-,23+;/m1./s1. The van der Waals surface area contributed by atoms with Gasteiger partial charge in [0, 0.05) is 0 Å². The van der Waals surface area contributed by atoms with Crippen LogP contribution in [0.3, 0.4) is 0 Å². The van der Waals surface area contributed by atoms with Crippen molar-refractivity contribution in [2.24, 2.45) is 5.73 Å². The van der Waals surface area contributed by atoms with Gasteiger partial charge in [0.05, 0.1) is 39.9 Å². The molecule has 0 saturated heterocycles. The Morgan fingerprint density at radius 3 is 1.94 bits per heavy atom. The lowest BCUT2D eigenvalue weighted by molar-refractivity contribution is -0.870. The minimum atomic E-state index is -4.16. The van der Waals surface area contributed by atoms with Crippen molar-refractivity contribution in [1.29, 1.82) is 0 Å². The molecular formula is C23H50ClN2O5P. The van der Waals surface area contributed by atoms with Gasteiger partial charge < -0.3 is 32.6 Å². The Hall–Kier alpha value is 0.0200. The Labute approximate surface area is 203 Å². The van der Waals surface area contributed by atoms with Crippen molar-refractivity contribution in [1.82, 2.24) is 0 Å². The van der Waals surface area contributed by atoms with Gasteiger partial charge in [-0.1, -0.05) is 83.3 Å². The molecule has 0 aliphatic heterocycles. The summed E-state index contributed by atoms with van der Waals surface area (Å²) in [5, 5.41) is 10.1. The minimum absolute atomic E-state index is 0. The molecule has 194 valence electrons.